The quantitative estimate of drug-likeness (QED) is 0.895. The van der Waals surface area contributed by atoms with Crippen LogP contribution in [0.2, 0.25) is 0 Å². The first-order chi connectivity index (χ1) is 9.44. The maximum atomic E-state index is 13.7. The van der Waals surface area contributed by atoms with Gasteiger partial charge in [0.05, 0.1) is 4.90 Å². The van der Waals surface area contributed by atoms with Crippen LogP contribution in [0.15, 0.2) is 17.0 Å². The number of halogens is 1. The van der Waals surface area contributed by atoms with Crippen LogP contribution < -0.4 is 10.5 Å². The standard InChI is InChI=1S/C14H21FN2O2S/c1-10-7-13(8-11(9-16)14(10)15)20(18,19)17-12-5-3-2-4-6-12/h7-8,12,17H,2-6,9,16H2,1H3. The van der Waals surface area contributed by atoms with Crippen molar-refractivity contribution in [2.24, 2.45) is 5.73 Å². The van der Waals surface area contributed by atoms with E-state index >= 15 is 0 Å². The zero-order valence-corrected chi connectivity index (χ0v) is 12.5. The van der Waals surface area contributed by atoms with Crippen molar-refractivity contribution >= 4 is 10.0 Å². The van der Waals surface area contributed by atoms with E-state index in [1.807, 2.05) is 0 Å². The predicted molar refractivity (Wildman–Crippen MR) is 76.2 cm³/mol. The molecule has 0 amide bonds. The van der Waals surface area contributed by atoms with E-state index in [-0.39, 0.29) is 23.0 Å². The Bertz CT molecular complexity index is 581. The van der Waals surface area contributed by atoms with Gasteiger partial charge in [0.2, 0.25) is 10.0 Å². The van der Waals surface area contributed by atoms with Gasteiger partial charge in [0.15, 0.2) is 0 Å². The van der Waals surface area contributed by atoms with E-state index in [1.165, 1.54) is 12.1 Å². The van der Waals surface area contributed by atoms with E-state index in [4.69, 9.17) is 5.73 Å². The smallest absolute Gasteiger partial charge is 0.240 e. The summed E-state index contributed by atoms with van der Waals surface area (Å²) in [5.41, 5.74) is 5.99. The number of hydrogen-bond donors (Lipinski definition) is 2. The Kier molecular flexibility index (Phi) is 4.78. The topological polar surface area (TPSA) is 72.2 Å². The van der Waals surface area contributed by atoms with Crippen molar-refractivity contribution in [2.45, 2.75) is 56.5 Å². The second-order valence-electron chi connectivity index (χ2n) is 5.37. The molecule has 0 aliphatic heterocycles. The minimum atomic E-state index is -3.60. The Labute approximate surface area is 119 Å². The van der Waals surface area contributed by atoms with Crippen molar-refractivity contribution in [2.75, 3.05) is 0 Å². The average Bonchev–Trinajstić information content (AvgIpc) is 2.42. The molecule has 1 aliphatic rings. The largest absolute Gasteiger partial charge is 0.326 e. The third kappa shape index (κ3) is 3.37. The van der Waals surface area contributed by atoms with Crippen LogP contribution in [0.1, 0.15) is 43.2 Å². The number of sulfonamides is 1. The Morgan fingerprint density at radius 1 is 1.30 bits per heavy atom. The summed E-state index contributed by atoms with van der Waals surface area (Å²) in [4.78, 5) is 0.0995. The summed E-state index contributed by atoms with van der Waals surface area (Å²) in [6, 6.07) is 2.67. The van der Waals surface area contributed by atoms with Crippen LogP contribution in [0.5, 0.6) is 0 Å². The molecule has 1 aromatic carbocycles. The molecule has 0 bridgehead atoms. The summed E-state index contributed by atoms with van der Waals surface area (Å²) < 4.78 is 41.2. The van der Waals surface area contributed by atoms with E-state index in [1.54, 1.807) is 6.92 Å². The molecular weight excluding hydrogens is 279 g/mol. The number of benzene rings is 1. The van der Waals surface area contributed by atoms with Gasteiger partial charge in [0.25, 0.3) is 0 Å². The molecule has 4 nitrogen and oxygen atoms in total. The summed E-state index contributed by atoms with van der Waals surface area (Å²) in [7, 11) is -3.60. The first-order valence-electron chi connectivity index (χ1n) is 6.95. The molecule has 0 saturated heterocycles. The van der Waals surface area contributed by atoms with Crippen molar-refractivity contribution < 1.29 is 12.8 Å². The molecule has 1 fully saturated rings. The number of nitrogens with two attached hydrogens (primary N) is 1. The Morgan fingerprint density at radius 3 is 2.55 bits per heavy atom. The van der Waals surface area contributed by atoms with Gasteiger partial charge >= 0.3 is 0 Å². The van der Waals surface area contributed by atoms with Crippen molar-refractivity contribution in [3.8, 4) is 0 Å². The maximum absolute atomic E-state index is 13.7. The molecule has 6 heteroatoms. The fourth-order valence-corrected chi connectivity index (χ4v) is 4.06. The monoisotopic (exact) mass is 300 g/mol. The number of aryl methyl sites for hydroxylation is 1. The lowest BCUT2D eigenvalue weighted by atomic mass is 9.96. The summed E-state index contributed by atoms with van der Waals surface area (Å²) in [6.45, 7) is 1.54. The molecule has 1 aliphatic carbocycles. The zero-order valence-electron chi connectivity index (χ0n) is 11.7. The summed E-state index contributed by atoms with van der Waals surface area (Å²) >= 11 is 0. The molecule has 112 valence electrons. The minimum absolute atomic E-state index is 0.0135. The second-order valence-corrected chi connectivity index (χ2v) is 7.09. The fraction of sp³-hybridized carbons (Fsp3) is 0.571. The molecule has 0 spiro atoms. The van der Waals surface area contributed by atoms with E-state index in [0.717, 1.165) is 32.1 Å². The Morgan fingerprint density at radius 2 is 1.95 bits per heavy atom. The van der Waals surface area contributed by atoms with Crippen LogP contribution in [0.4, 0.5) is 4.39 Å². The van der Waals surface area contributed by atoms with Crippen LogP contribution >= 0.6 is 0 Å². The van der Waals surface area contributed by atoms with Gasteiger partial charge in [-0.25, -0.2) is 17.5 Å². The van der Waals surface area contributed by atoms with Gasteiger partial charge in [-0.3, -0.25) is 0 Å². The van der Waals surface area contributed by atoms with Gasteiger partial charge in [0.1, 0.15) is 5.82 Å². The SMILES string of the molecule is Cc1cc(S(=O)(=O)NC2CCCCC2)cc(CN)c1F. The van der Waals surface area contributed by atoms with E-state index in [0.29, 0.717) is 5.56 Å². The number of rotatable bonds is 4. The molecule has 0 atom stereocenters. The molecule has 0 radical (unpaired) electrons. The van der Waals surface area contributed by atoms with Crippen LogP contribution in [0.3, 0.4) is 0 Å². The number of hydrogen-bond acceptors (Lipinski definition) is 3. The van der Waals surface area contributed by atoms with E-state index in [2.05, 4.69) is 4.72 Å². The van der Waals surface area contributed by atoms with Crippen molar-refractivity contribution in [1.29, 1.82) is 0 Å². The third-order valence-electron chi connectivity index (χ3n) is 3.76. The first kappa shape index (κ1) is 15.4. The Balaban J connectivity index is 2.26. The maximum Gasteiger partial charge on any atom is 0.240 e. The van der Waals surface area contributed by atoms with Crippen LogP contribution in [-0.4, -0.2) is 14.5 Å². The fourth-order valence-electron chi connectivity index (χ4n) is 2.62. The highest BCUT2D eigenvalue weighted by Crippen LogP contribution is 2.22. The highest BCUT2D eigenvalue weighted by Gasteiger charge is 2.23. The molecule has 1 saturated carbocycles. The van der Waals surface area contributed by atoms with Crippen LogP contribution in [-0.2, 0) is 16.6 Å². The first-order valence-corrected chi connectivity index (χ1v) is 8.44. The summed E-state index contributed by atoms with van der Waals surface area (Å²) in [5.74, 6) is -0.427. The molecule has 20 heavy (non-hydrogen) atoms. The van der Waals surface area contributed by atoms with Gasteiger partial charge in [-0.1, -0.05) is 19.3 Å². The average molecular weight is 300 g/mol. The predicted octanol–water partition coefficient (Wildman–Crippen LogP) is 2.20. The molecule has 0 heterocycles. The zero-order chi connectivity index (χ0) is 14.8. The normalized spacial score (nSPS) is 17.4. The van der Waals surface area contributed by atoms with Crippen LogP contribution in [0.25, 0.3) is 0 Å². The molecule has 1 aromatic rings. The molecule has 3 N–H and O–H groups in total. The van der Waals surface area contributed by atoms with Gasteiger partial charge in [0, 0.05) is 18.2 Å². The van der Waals surface area contributed by atoms with Gasteiger partial charge in [-0.2, -0.15) is 0 Å². The number of nitrogens with one attached hydrogen (secondary N) is 1. The Hall–Kier alpha value is -0.980. The lowest BCUT2D eigenvalue weighted by Gasteiger charge is -2.23. The highest BCUT2D eigenvalue weighted by molar-refractivity contribution is 7.89. The van der Waals surface area contributed by atoms with Crippen molar-refractivity contribution in [3.05, 3.63) is 29.1 Å². The van der Waals surface area contributed by atoms with Gasteiger partial charge in [-0.15, -0.1) is 0 Å². The third-order valence-corrected chi connectivity index (χ3v) is 5.26. The van der Waals surface area contributed by atoms with E-state index < -0.39 is 15.8 Å². The lowest BCUT2D eigenvalue weighted by molar-refractivity contribution is 0.412. The second kappa shape index (κ2) is 6.20. The molecule has 0 aromatic heterocycles. The van der Waals surface area contributed by atoms with Crippen molar-refractivity contribution in [1.82, 2.24) is 4.72 Å². The minimum Gasteiger partial charge on any atom is -0.326 e. The summed E-state index contributed by atoms with van der Waals surface area (Å²) in [6.07, 6.45) is 4.98. The highest BCUT2D eigenvalue weighted by atomic mass is 32.2. The van der Waals surface area contributed by atoms with Crippen molar-refractivity contribution in [3.63, 3.8) is 0 Å². The molecular formula is C14H21FN2O2S. The van der Waals surface area contributed by atoms with Crippen LogP contribution in [0, 0.1) is 12.7 Å². The van der Waals surface area contributed by atoms with E-state index in [9.17, 15) is 12.8 Å². The van der Waals surface area contributed by atoms with Gasteiger partial charge in [-0.05, 0) is 37.5 Å². The molecule has 2 rings (SSSR count). The van der Waals surface area contributed by atoms with Gasteiger partial charge < -0.3 is 5.73 Å². The molecule has 0 unspecified atom stereocenters. The lowest BCUT2D eigenvalue weighted by Crippen LogP contribution is -2.36. The summed E-state index contributed by atoms with van der Waals surface area (Å²) in [5, 5.41) is 0.